The summed E-state index contributed by atoms with van der Waals surface area (Å²) in [7, 11) is 1.31. The van der Waals surface area contributed by atoms with Gasteiger partial charge in [0.2, 0.25) is 0 Å². The molecule has 0 saturated heterocycles. The summed E-state index contributed by atoms with van der Waals surface area (Å²) in [5.74, 6) is -0.495. The predicted octanol–water partition coefficient (Wildman–Crippen LogP) is 0.735. The summed E-state index contributed by atoms with van der Waals surface area (Å²) in [6, 6.07) is 0. The van der Waals surface area contributed by atoms with Crippen LogP contribution in [0.4, 0.5) is 0 Å². The Balaban J connectivity index is 2.81. The summed E-state index contributed by atoms with van der Waals surface area (Å²) < 4.78 is 4.53. The van der Waals surface area contributed by atoms with Crippen LogP contribution in [0.5, 0.6) is 0 Å². The Hall–Kier alpha value is -1.71. The van der Waals surface area contributed by atoms with Gasteiger partial charge >= 0.3 is 5.97 Å². The summed E-state index contributed by atoms with van der Waals surface area (Å²) in [6.07, 6.45) is 7.68. The van der Waals surface area contributed by atoms with Crippen LogP contribution in [0.1, 0.15) is 6.92 Å². The number of methoxy groups -OCH3 is 1. The van der Waals surface area contributed by atoms with Crippen LogP contribution in [0, 0.1) is 0 Å². The van der Waals surface area contributed by atoms with Gasteiger partial charge in [0.25, 0.3) is 0 Å². The Kier molecular flexibility index (Phi) is 3.34. The topological polar surface area (TPSA) is 55.6 Å². The molecule has 0 atom stereocenters. The smallest absolute Gasteiger partial charge is 0.355 e. The third kappa shape index (κ3) is 2.16. The van der Waals surface area contributed by atoms with E-state index in [4.69, 9.17) is 5.73 Å². The lowest BCUT2D eigenvalue weighted by molar-refractivity contribution is -0.136. The van der Waals surface area contributed by atoms with E-state index < -0.39 is 5.97 Å². The lowest BCUT2D eigenvalue weighted by atomic mass is 10.2. The van der Waals surface area contributed by atoms with Gasteiger partial charge in [-0.15, -0.1) is 0 Å². The molecule has 1 aliphatic rings. The quantitative estimate of drug-likeness (QED) is 0.520. The fourth-order valence-corrected chi connectivity index (χ4v) is 1.13. The molecule has 2 N–H and O–H groups in total. The van der Waals surface area contributed by atoms with Crippen LogP contribution in [-0.2, 0) is 9.53 Å². The molecule has 0 radical (unpaired) electrons. The SMILES string of the molecule is COC(=O)/C(N)=C(\C)N1C=CC=CC1. The zero-order valence-electron chi connectivity index (χ0n) is 8.36. The molecule has 0 aromatic heterocycles. The van der Waals surface area contributed by atoms with E-state index in [-0.39, 0.29) is 5.70 Å². The molecular formula is C10H14N2O2. The van der Waals surface area contributed by atoms with E-state index in [2.05, 4.69) is 4.74 Å². The van der Waals surface area contributed by atoms with Crippen molar-refractivity contribution in [3.8, 4) is 0 Å². The number of esters is 1. The van der Waals surface area contributed by atoms with E-state index in [1.165, 1.54) is 7.11 Å². The van der Waals surface area contributed by atoms with E-state index in [0.29, 0.717) is 5.70 Å². The number of ether oxygens (including phenoxy) is 1. The van der Waals surface area contributed by atoms with Crippen molar-refractivity contribution in [3.63, 3.8) is 0 Å². The summed E-state index contributed by atoms with van der Waals surface area (Å²) >= 11 is 0. The van der Waals surface area contributed by atoms with E-state index in [1.54, 1.807) is 6.92 Å². The summed E-state index contributed by atoms with van der Waals surface area (Å²) in [5.41, 5.74) is 6.46. The second-order valence-corrected chi connectivity index (χ2v) is 2.91. The molecule has 0 bridgehead atoms. The van der Waals surface area contributed by atoms with Gasteiger partial charge in [-0.3, -0.25) is 0 Å². The van der Waals surface area contributed by atoms with Crippen LogP contribution in [0.15, 0.2) is 35.8 Å². The number of carbonyl (C=O) groups is 1. The molecule has 0 aromatic rings. The van der Waals surface area contributed by atoms with Crippen molar-refractivity contribution in [1.82, 2.24) is 4.90 Å². The molecule has 0 saturated carbocycles. The average molecular weight is 194 g/mol. The third-order valence-corrected chi connectivity index (χ3v) is 2.04. The first-order valence-electron chi connectivity index (χ1n) is 4.31. The number of rotatable bonds is 2. The van der Waals surface area contributed by atoms with E-state index in [9.17, 15) is 4.79 Å². The van der Waals surface area contributed by atoms with Crippen LogP contribution in [0.25, 0.3) is 0 Å². The van der Waals surface area contributed by atoms with Crippen molar-refractivity contribution in [2.45, 2.75) is 6.92 Å². The Morgan fingerprint density at radius 1 is 1.50 bits per heavy atom. The van der Waals surface area contributed by atoms with Gasteiger partial charge in [-0.05, 0) is 13.0 Å². The van der Waals surface area contributed by atoms with Gasteiger partial charge in [0, 0.05) is 18.4 Å². The maximum Gasteiger partial charge on any atom is 0.355 e. The van der Waals surface area contributed by atoms with Crippen LogP contribution >= 0.6 is 0 Å². The molecule has 14 heavy (non-hydrogen) atoms. The Morgan fingerprint density at radius 3 is 2.71 bits per heavy atom. The monoisotopic (exact) mass is 194 g/mol. The van der Waals surface area contributed by atoms with Crippen molar-refractivity contribution in [3.05, 3.63) is 35.8 Å². The normalized spacial score (nSPS) is 16.6. The summed E-state index contributed by atoms with van der Waals surface area (Å²) in [4.78, 5) is 13.0. The van der Waals surface area contributed by atoms with Crippen molar-refractivity contribution in [2.24, 2.45) is 5.73 Å². The highest BCUT2D eigenvalue weighted by molar-refractivity contribution is 5.87. The molecule has 1 rings (SSSR count). The number of nitrogens with two attached hydrogens (primary N) is 1. The highest BCUT2D eigenvalue weighted by Crippen LogP contribution is 2.10. The first-order valence-corrected chi connectivity index (χ1v) is 4.31. The highest BCUT2D eigenvalue weighted by Gasteiger charge is 2.12. The highest BCUT2D eigenvalue weighted by atomic mass is 16.5. The van der Waals surface area contributed by atoms with E-state index in [1.807, 2.05) is 29.3 Å². The van der Waals surface area contributed by atoms with Crippen molar-refractivity contribution >= 4 is 5.97 Å². The largest absolute Gasteiger partial charge is 0.464 e. The van der Waals surface area contributed by atoms with Crippen LogP contribution in [0.3, 0.4) is 0 Å². The van der Waals surface area contributed by atoms with E-state index >= 15 is 0 Å². The van der Waals surface area contributed by atoms with Crippen molar-refractivity contribution in [1.29, 1.82) is 0 Å². The Labute approximate surface area is 83.3 Å². The molecular weight excluding hydrogens is 180 g/mol. The molecule has 0 fully saturated rings. The number of allylic oxidation sites excluding steroid dienone is 3. The molecule has 1 aliphatic heterocycles. The predicted molar refractivity (Wildman–Crippen MR) is 53.9 cm³/mol. The number of nitrogens with zero attached hydrogens (tertiary/aromatic N) is 1. The molecule has 4 nitrogen and oxygen atoms in total. The molecule has 0 unspecified atom stereocenters. The number of carbonyl (C=O) groups excluding carboxylic acids is 1. The first kappa shape index (κ1) is 10.4. The molecule has 4 heteroatoms. The van der Waals surface area contributed by atoms with Crippen LogP contribution < -0.4 is 5.73 Å². The summed E-state index contributed by atoms with van der Waals surface area (Å²) in [5, 5.41) is 0. The number of hydrogen-bond acceptors (Lipinski definition) is 4. The van der Waals surface area contributed by atoms with Gasteiger partial charge in [-0.2, -0.15) is 0 Å². The van der Waals surface area contributed by atoms with Gasteiger partial charge in [-0.25, -0.2) is 4.79 Å². The van der Waals surface area contributed by atoms with Crippen molar-refractivity contribution < 1.29 is 9.53 Å². The summed E-state index contributed by atoms with van der Waals surface area (Å²) in [6.45, 7) is 2.51. The number of hydrogen-bond donors (Lipinski definition) is 1. The van der Waals surface area contributed by atoms with Gasteiger partial charge in [0.15, 0.2) is 0 Å². The van der Waals surface area contributed by atoms with Gasteiger partial charge < -0.3 is 15.4 Å². The molecule has 0 aromatic carbocycles. The lowest BCUT2D eigenvalue weighted by Gasteiger charge is -2.22. The lowest BCUT2D eigenvalue weighted by Crippen LogP contribution is -2.24. The molecule has 76 valence electrons. The van der Waals surface area contributed by atoms with Crippen molar-refractivity contribution in [2.75, 3.05) is 13.7 Å². The second-order valence-electron chi connectivity index (χ2n) is 2.91. The van der Waals surface area contributed by atoms with E-state index in [0.717, 1.165) is 6.54 Å². The zero-order chi connectivity index (χ0) is 10.6. The zero-order valence-corrected chi connectivity index (χ0v) is 8.36. The molecule has 1 heterocycles. The minimum absolute atomic E-state index is 0.146. The van der Waals surface area contributed by atoms with Crippen LogP contribution in [0.2, 0.25) is 0 Å². The maximum absolute atomic E-state index is 11.1. The molecule has 0 amide bonds. The van der Waals surface area contributed by atoms with Gasteiger partial charge in [-0.1, -0.05) is 12.2 Å². The third-order valence-electron chi connectivity index (χ3n) is 2.04. The van der Waals surface area contributed by atoms with Gasteiger partial charge in [0.1, 0.15) is 5.70 Å². The van der Waals surface area contributed by atoms with Crippen LogP contribution in [-0.4, -0.2) is 24.5 Å². The average Bonchev–Trinajstić information content (AvgIpc) is 2.27. The minimum atomic E-state index is -0.495. The maximum atomic E-state index is 11.1. The first-order chi connectivity index (χ1) is 6.66. The Morgan fingerprint density at radius 2 is 2.21 bits per heavy atom. The fourth-order valence-electron chi connectivity index (χ4n) is 1.13. The Bertz CT molecular complexity index is 316. The second kappa shape index (κ2) is 4.50. The minimum Gasteiger partial charge on any atom is -0.464 e. The molecule has 0 aliphatic carbocycles. The standard InChI is InChI=1S/C10H14N2O2/c1-8(9(11)10(13)14-2)12-6-4-3-5-7-12/h3-6H,7,11H2,1-2H3/b9-8-. The molecule has 0 spiro atoms. The van der Waals surface area contributed by atoms with Gasteiger partial charge in [0.05, 0.1) is 7.11 Å². The fraction of sp³-hybridized carbons (Fsp3) is 0.300.